The van der Waals surface area contributed by atoms with Crippen LogP contribution in [-0.2, 0) is 16.0 Å². The molecule has 1 N–H and O–H groups in total. The van der Waals surface area contributed by atoms with E-state index in [4.69, 9.17) is 9.15 Å². The van der Waals surface area contributed by atoms with E-state index >= 15 is 0 Å². The van der Waals surface area contributed by atoms with Crippen LogP contribution < -0.4 is 0 Å². The molecule has 5 heteroatoms. The van der Waals surface area contributed by atoms with E-state index in [1.54, 1.807) is 19.2 Å². The summed E-state index contributed by atoms with van der Waals surface area (Å²) in [6, 6.07) is 13.2. The van der Waals surface area contributed by atoms with Crippen molar-refractivity contribution in [2.24, 2.45) is 0 Å². The molecule has 0 bridgehead atoms. The van der Waals surface area contributed by atoms with Crippen molar-refractivity contribution >= 4 is 33.6 Å². The Hall–Kier alpha value is -3.60. The molecule has 0 fully saturated rings. The maximum Gasteiger partial charge on any atom is 0.321 e. The molecule has 0 spiro atoms. The molecule has 0 saturated carbocycles. The molecule has 0 amide bonds. The molecule has 4 aromatic rings. The summed E-state index contributed by atoms with van der Waals surface area (Å²) in [6.07, 6.45) is 5.50. The lowest BCUT2D eigenvalue weighted by molar-refractivity contribution is -0.143. The van der Waals surface area contributed by atoms with Crippen LogP contribution in [0.3, 0.4) is 0 Å². The lowest BCUT2D eigenvalue weighted by Gasteiger charge is -2.14. The molecule has 29 heavy (non-hydrogen) atoms. The van der Waals surface area contributed by atoms with Gasteiger partial charge in [0.2, 0.25) is 0 Å². The van der Waals surface area contributed by atoms with E-state index in [9.17, 15) is 9.59 Å². The zero-order valence-corrected chi connectivity index (χ0v) is 16.1. The van der Waals surface area contributed by atoms with Gasteiger partial charge in [0.1, 0.15) is 17.8 Å². The van der Waals surface area contributed by atoms with Gasteiger partial charge in [-0.05, 0) is 36.6 Å². The molecule has 0 saturated heterocycles. The topological polar surface area (TPSA) is 72.3 Å². The third kappa shape index (κ3) is 3.25. The maximum atomic E-state index is 13.6. The van der Waals surface area contributed by atoms with Gasteiger partial charge in [-0.25, -0.2) is 0 Å². The van der Waals surface area contributed by atoms with Gasteiger partial charge < -0.3 is 14.1 Å². The number of furan rings is 1. The highest BCUT2D eigenvalue weighted by Gasteiger charge is 2.34. The molecule has 0 aliphatic heterocycles. The van der Waals surface area contributed by atoms with Crippen molar-refractivity contribution in [3.8, 4) is 0 Å². The number of Topliss-reactive ketones (excluding diaryl/α,β-unsaturated/α-hetero) is 1. The van der Waals surface area contributed by atoms with Crippen LogP contribution in [0.15, 0.2) is 72.0 Å². The predicted octanol–water partition coefficient (Wildman–Crippen LogP) is 5.17. The molecule has 1 unspecified atom stereocenters. The first-order chi connectivity index (χ1) is 14.2. The number of hydrogen-bond acceptors (Lipinski definition) is 4. The number of esters is 1. The van der Waals surface area contributed by atoms with Gasteiger partial charge >= 0.3 is 5.97 Å². The number of aromatic amines is 1. The van der Waals surface area contributed by atoms with Gasteiger partial charge in [0.15, 0.2) is 5.78 Å². The van der Waals surface area contributed by atoms with Crippen molar-refractivity contribution < 1.29 is 18.7 Å². The Morgan fingerprint density at radius 1 is 1.21 bits per heavy atom. The minimum absolute atomic E-state index is 0.193. The quantitative estimate of drug-likeness (QED) is 0.205. The SMILES string of the molecule is C=CCc1cccc2occ(C(=O)C(C(=O)OCC)c3c[nH]c4ccccc34)c12. The predicted molar refractivity (Wildman–Crippen MR) is 112 cm³/mol. The van der Waals surface area contributed by atoms with Crippen molar-refractivity contribution in [1.82, 2.24) is 4.98 Å². The molecule has 0 aliphatic rings. The Morgan fingerprint density at radius 2 is 2.03 bits per heavy atom. The summed E-state index contributed by atoms with van der Waals surface area (Å²) in [5.41, 5.74) is 3.36. The minimum atomic E-state index is -1.08. The highest BCUT2D eigenvalue weighted by Crippen LogP contribution is 2.34. The number of hydrogen-bond donors (Lipinski definition) is 1. The van der Waals surface area contributed by atoms with Crippen LogP contribution in [0.4, 0.5) is 0 Å². The summed E-state index contributed by atoms with van der Waals surface area (Å²) in [5, 5.41) is 1.53. The van der Waals surface area contributed by atoms with E-state index in [0.717, 1.165) is 16.5 Å². The highest BCUT2D eigenvalue weighted by molar-refractivity contribution is 6.19. The fourth-order valence-electron chi connectivity index (χ4n) is 3.76. The monoisotopic (exact) mass is 387 g/mol. The largest absolute Gasteiger partial charge is 0.465 e. The molecule has 2 heterocycles. The smallest absolute Gasteiger partial charge is 0.321 e. The number of allylic oxidation sites excluding steroid dienone is 1. The summed E-state index contributed by atoms with van der Waals surface area (Å²) in [4.78, 5) is 29.6. The van der Waals surface area contributed by atoms with E-state index in [0.29, 0.717) is 28.5 Å². The second kappa shape index (κ2) is 7.80. The van der Waals surface area contributed by atoms with Crippen LogP contribution in [0.2, 0.25) is 0 Å². The Labute approximate surface area is 168 Å². The van der Waals surface area contributed by atoms with E-state index in [2.05, 4.69) is 11.6 Å². The standard InChI is InChI=1S/C24H21NO4/c1-3-8-15-9-7-12-20-21(15)18(14-29-20)23(26)22(24(27)28-4-2)17-13-25-19-11-6-5-10-16(17)19/h3,5-7,9-14,22,25H,1,4,8H2,2H3. The van der Waals surface area contributed by atoms with Crippen LogP contribution in [0.5, 0.6) is 0 Å². The van der Waals surface area contributed by atoms with Crippen molar-refractivity contribution in [2.45, 2.75) is 19.3 Å². The average molecular weight is 387 g/mol. The van der Waals surface area contributed by atoms with Gasteiger partial charge in [-0.3, -0.25) is 9.59 Å². The lowest BCUT2D eigenvalue weighted by Crippen LogP contribution is -2.24. The van der Waals surface area contributed by atoms with Gasteiger partial charge in [0, 0.05) is 22.5 Å². The third-order valence-corrected chi connectivity index (χ3v) is 5.03. The fourth-order valence-corrected chi connectivity index (χ4v) is 3.76. The molecule has 5 nitrogen and oxygen atoms in total. The van der Waals surface area contributed by atoms with E-state index in [1.807, 2.05) is 42.5 Å². The van der Waals surface area contributed by atoms with Crippen LogP contribution in [-0.4, -0.2) is 23.3 Å². The van der Waals surface area contributed by atoms with E-state index < -0.39 is 11.9 Å². The molecule has 0 radical (unpaired) electrons. The number of para-hydroxylation sites is 1. The number of ketones is 1. The fraction of sp³-hybridized carbons (Fsp3) is 0.167. The third-order valence-electron chi connectivity index (χ3n) is 5.03. The Balaban J connectivity index is 1.88. The molecular formula is C24H21NO4. The average Bonchev–Trinajstić information content (AvgIpc) is 3.34. The zero-order valence-electron chi connectivity index (χ0n) is 16.1. The van der Waals surface area contributed by atoms with Gasteiger partial charge in [-0.2, -0.15) is 0 Å². The van der Waals surface area contributed by atoms with Gasteiger partial charge in [0.25, 0.3) is 0 Å². The number of H-pyrrole nitrogens is 1. The number of ether oxygens (including phenoxy) is 1. The molecule has 146 valence electrons. The molecular weight excluding hydrogens is 366 g/mol. The second-order valence-corrected chi connectivity index (χ2v) is 6.77. The van der Waals surface area contributed by atoms with Crippen molar-refractivity contribution in [3.05, 3.63) is 84.3 Å². The number of rotatable bonds is 7. The van der Waals surface area contributed by atoms with Gasteiger partial charge in [0.05, 0.1) is 12.2 Å². The Morgan fingerprint density at radius 3 is 2.83 bits per heavy atom. The molecule has 4 rings (SSSR count). The summed E-state index contributed by atoms with van der Waals surface area (Å²) in [5.74, 6) is -2.00. The summed E-state index contributed by atoms with van der Waals surface area (Å²) < 4.78 is 10.9. The lowest BCUT2D eigenvalue weighted by atomic mass is 9.89. The zero-order chi connectivity index (χ0) is 20.4. The van der Waals surface area contributed by atoms with E-state index in [1.165, 1.54) is 6.26 Å². The van der Waals surface area contributed by atoms with Gasteiger partial charge in [-0.15, -0.1) is 6.58 Å². The number of nitrogens with one attached hydrogen (secondary N) is 1. The molecule has 1 atom stereocenters. The van der Waals surface area contributed by atoms with Crippen LogP contribution in [0, 0.1) is 0 Å². The molecule has 2 aromatic heterocycles. The normalized spacial score (nSPS) is 12.2. The maximum absolute atomic E-state index is 13.6. The number of aromatic nitrogens is 1. The first-order valence-corrected chi connectivity index (χ1v) is 9.52. The minimum Gasteiger partial charge on any atom is -0.465 e. The summed E-state index contributed by atoms with van der Waals surface area (Å²) in [6.45, 7) is 5.71. The molecule has 2 aromatic carbocycles. The number of fused-ring (bicyclic) bond motifs is 2. The van der Waals surface area contributed by atoms with Crippen LogP contribution in [0.25, 0.3) is 21.9 Å². The first kappa shape index (κ1) is 18.7. The molecule has 0 aliphatic carbocycles. The van der Waals surface area contributed by atoms with E-state index in [-0.39, 0.29) is 12.4 Å². The number of carbonyl (C=O) groups excluding carboxylic acids is 2. The number of benzene rings is 2. The van der Waals surface area contributed by atoms with Crippen molar-refractivity contribution in [2.75, 3.05) is 6.61 Å². The Kier molecular flexibility index (Phi) is 5.04. The number of carbonyl (C=O) groups is 2. The summed E-state index contributed by atoms with van der Waals surface area (Å²) in [7, 11) is 0. The highest BCUT2D eigenvalue weighted by atomic mass is 16.5. The first-order valence-electron chi connectivity index (χ1n) is 9.52. The van der Waals surface area contributed by atoms with Crippen LogP contribution in [0.1, 0.15) is 34.3 Å². The van der Waals surface area contributed by atoms with Crippen molar-refractivity contribution in [1.29, 1.82) is 0 Å². The van der Waals surface area contributed by atoms with Crippen LogP contribution >= 0.6 is 0 Å². The Bertz CT molecular complexity index is 1210. The van der Waals surface area contributed by atoms with Gasteiger partial charge in [-0.1, -0.05) is 36.4 Å². The second-order valence-electron chi connectivity index (χ2n) is 6.77. The van der Waals surface area contributed by atoms with Crippen molar-refractivity contribution in [3.63, 3.8) is 0 Å². The summed E-state index contributed by atoms with van der Waals surface area (Å²) >= 11 is 0.